The molecule has 0 fully saturated rings. The minimum atomic E-state index is -3.85. The summed E-state index contributed by atoms with van der Waals surface area (Å²) in [5.41, 5.74) is 5.53. The predicted octanol–water partition coefficient (Wildman–Crippen LogP) is 4.89. The predicted molar refractivity (Wildman–Crippen MR) is 126 cm³/mol. The highest BCUT2D eigenvalue weighted by atomic mass is 32.2. The summed E-state index contributed by atoms with van der Waals surface area (Å²) in [7, 11) is -3.85. The molecule has 0 aliphatic carbocycles. The van der Waals surface area contributed by atoms with Gasteiger partial charge in [0.1, 0.15) is 4.21 Å². The van der Waals surface area contributed by atoms with Gasteiger partial charge in [0.05, 0.1) is 5.52 Å². The van der Waals surface area contributed by atoms with Crippen LogP contribution in [0.25, 0.3) is 17.0 Å². The molecule has 7 heteroatoms. The largest absolute Gasteiger partial charge is 0.343 e. The second-order valence-electron chi connectivity index (χ2n) is 7.38. The highest BCUT2D eigenvalue weighted by Gasteiger charge is 2.17. The van der Waals surface area contributed by atoms with Gasteiger partial charge in [0, 0.05) is 24.2 Å². The molecule has 2 aromatic heterocycles. The number of rotatable bonds is 6. The van der Waals surface area contributed by atoms with Crippen LogP contribution in [0.15, 0.2) is 76.5 Å². The number of aromatic nitrogens is 1. The molecule has 2 heterocycles. The molecule has 2 aromatic carbocycles. The first-order chi connectivity index (χ1) is 14.8. The molecule has 0 atom stereocenters. The van der Waals surface area contributed by atoms with Gasteiger partial charge >= 0.3 is 0 Å². The van der Waals surface area contributed by atoms with E-state index < -0.39 is 15.9 Å². The number of nitrogens with zero attached hydrogens (tertiary/aromatic N) is 1. The number of para-hydroxylation sites is 1. The van der Waals surface area contributed by atoms with Crippen molar-refractivity contribution in [2.45, 2.75) is 24.6 Å². The molecular formula is C24H22N2O3S2. The van der Waals surface area contributed by atoms with Crippen LogP contribution in [0, 0.1) is 13.8 Å². The summed E-state index contributed by atoms with van der Waals surface area (Å²) in [6.45, 7) is 4.90. The standard InChI is InChI=1S/C24H22N2O3S2/c1-17-8-9-19(15-18(17)2)16-26-13-12-21-6-3-5-20(24(21)26)10-11-22(27)25-31(28,29)23-7-4-14-30-23/h3-15H,16H2,1-2H3,(H,25,27)/b11-10+. The second kappa shape index (κ2) is 8.53. The highest BCUT2D eigenvalue weighted by Crippen LogP contribution is 2.23. The minimum absolute atomic E-state index is 0.110. The number of nitrogens with one attached hydrogen (secondary N) is 1. The molecular weight excluding hydrogens is 428 g/mol. The first kappa shape index (κ1) is 21.1. The lowest BCUT2D eigenvalue weighted by Gasteiger charge is -2.10. The SMILES string of the molecule is Cc1ccc(Cn2ccc3cccc(/C=C/C(=O)NS(=O)(=O)c4cccs4)c32)cc1C. The van der Waals surface area contributed by atoms with Crippen molar-refractivity contribution >= 4 is 44.2 Å². The zero-order valence-electron chi connectivity index (χ0n) is 17.2. The van der Waals surface area contributed by atoms with Gasteiger partial charge in [-0.3, -0.25) is 4.79 Å². The number of benzene rings is 2. The van der Waals surface area contributed by atoms with E-state index in [1.165, 1.54) is 28.8 Å². The summed E-state index contributed by atoms with van der Waals surface area (Å²) in [5.74, 6) is -0.683. The van der Waals surface area contributed by atoms with E-state index in [1.807, 2.05) is 30.5 Å². The number of carbonyl (C=O) groups excluding carboxylic acids is 1. The van der Waals surface area contributed by atoms with Gasteiger partial charge < -0.3 is 4.57 Å². The van der Waals surface area contributed by atoms with Crippen molar-refractivity contribution in [2.24, 2.45) is 0 Å². The number of fused-ring (bicyclic) bond motifs is 1. The van der Waals surface area contributed by atoms with E-state index in [0.29, 0.717) is 6.54 Å². The lowest BCUT2D eigenvalue weighted by molar-refractivity contribution is -0.114. The van der Waals surface area contributed by atoms with E-state index in [2.05, 4.69) is 41.3 Å². The van der Waals surface area contributed by atoms with Crippen molar-refractivity contribution < 1.29 is 13.2 Å². The Balaban J connectivity index is 1.60. The molecule has 158 valence electrons. The summed E-state index contributed by atoms with van der Waals surface area (Å²) in [6, 6.07) is 17.4. The van der Waals surface area contributed by atoms with Crippen LogP contribution in [0.5, 0.6) is 0 Å². The smallest absolute Gasteiger partial charge is 0.273 e. The Hall–Kier alpha value is -3.16. The van der Waals surface area contributed by atoms with Crippen molar-refractivity contribution in [1.29, 1.82) is 0 Å². The average molecular weight is 451 g/mol. The fourth-order valence-corrected chi connectivity index (χ4v) is 5.39. The van der Waals surface area contributed by atoms with E-state index in [4.69, 9.17) is 0 Å². The number of aryl methyl sites for hydroxylation is 2. The Kier molecular flexibility index (Phi) is 5.80. The Labute approximate surface area is 185 Å². The van der Waals surface area contributed by atoms with Gasteiger partial charge in [-0.1, -0.05) is 42.5 Å². The van der Waals surface area contributed by atoms with Gasteiger partial charge in [0.15, 0.2) is 0 Å². The van der Waals surface area contributed by atoms with Crippen LogP contribution in [0.2, 0.25) is 0 Å². The number of amides is 1. The molecule has 4 aromatic rings. The van der Waals surface area contributed by atoms with Crippen molar-refractivity contribution in [3.63, 3.8) is 0 Å². The Morgan fingerprint density at radius 2 is 1.90 bits per heavy atom. The van der Waals surface area contributed by atoms with Crippen molar-refractivity contribution in [2.75, 3.05) is 0 Å². The molecule has 0 saturated carbocycles. The van der Waals surface area contributed by atoms with E-state index in [9.17, 15) is 13.2 Å². The summed E-state index contributed by atoms with van der Waals surface area (Å²) in [6.07, 6.45) is 4.93. The fraction of sp³-hybridized carbons (Fsp3) is 0.125. The molecule has 0 radical (unpaired) electrons. The first-order valence-corrected chi connectivity index (χ1v) is 12.1. The Morgan fingerprint density at radius 1 is 1.06 bits per heavy atom. The minimum Gasteiger partial charge on any atom is -0.343 e. The lowest BCUT2D eigenvalue weighted by Crippen LogP contribution is -2.28. The molecule has 0 aliphatic heterocycles. The molecule has 1 amide bonds. The van der Waals surface area contributed by atoms with Crippen LogP contribution < -0.4 is 4.72 Å². The van der Waals surface area contributed by atoms with Gasteiger partial charge in [-0.15, -0.1) is 11.3 Å². The molecule has 1 N–H and O–H groups in total. The summed E-state index contributed by atoms with van der Waals surface area (Å²) in [5, 5.41) is 2.71. The summed E-state index contributed by atoms with van der Waals surface area (Å²) in [4.78, 5) is 12.3. The Bertz CT molecular complexity index is 1380. The quantitative estimate of drug-likeness (QED) is 0.426. The van der Waals surface area contributed by atoms with Crippen LogP contribution in [-0.2, 0) is 21.4 Å². The zero-order valence-corrected chi connectivity index (χ0v) is 18.8. The fourth-order valence-electron chi connectivity index (χ4n) is 3.45. The normalized spacial score (nSPS) is 11.9. The lowest BCUT2D eigenvalue weighted by atomic mass is 10.1. The topological polar surface area (TPSA) is 68.2 Å². The van der Waals surface area contributed by atoms with E-state index in [-0.39, 0.29) is 4.21 Å². The number of thiophene rings is 1. The molecule has 31 heavy (non-hydrogen) atoms. The van der Waals surface area contributed by atoms with E-state index in [0.717, 1.165) is 27.8 Å². The highest BCUT2D eigenvalue weighted by molar-refractivity contribution is 7.92. The van der Waals surface area contributed by atoms with E-state index >= 15 is 0 Å². The number of hydrogen-bond donors (Lipinski definition) is 1. The summed E-state index contributed by atoms with van der Waals surface area (Å²) >= 11 is 1.06. The molecule has 0 unspecified atom stereocenters. The molecule has 5 nitrogen and oxygen atoms in total. The number of carbonyl (C=O) groups is 1. The van der Waals surface area contributed by atoms with Gasteiger partial charge in [-0.05, 0) is 59.7 Å². The van der Waals surface area contributed by atoms with Crippen molar-refractivity contribution in [1.82, 2.24) is 9.29 Å². The van der Waals surface area contributed by atoms with Crippen LogP contribution in [0.1, 0.15) is 22.3 Å². The summed E-state index contributed by atoms with van der Waals surface area (Å²) < 4.78 is 28.8. The van der Waals surface area contributed by atoms with Crippen molar-refractivity contribution in [3.05, 3.63) is 94.5 Å². The van der Waals surface area contributed by atoms with Crippen LogP contribution in [0.3, 0.4) is 0 Å². The monoisotopic (exact) mass is 450 g/mol. The third-order valence-corrected chi connectivity index (χ3v) is 7.90. The molecule has 0 spiro atoms. The first-order valence-electron chi connectivity index (χ1n) is 9.76. The maximum absolute atomic E-state index is 12.3. The third-order valence-electron chi connectivity index (χ3n) is 5.15. The maximum atomic E-state index is 12.3. The zero-order chi connectivity index (χ0) is 22.0. The van der Waals surface area contributed by atoms with E-state index in [1.54, 1.807) is 17.5 Å². The molecule has 0 bridgehead atoms. The Morgan fingerprint density at radius 3 is 2.65 bits per heavy atom. The van der Waals surface area contributed by atoms with Gasteiger partial charge in [-0.2, -0.15) is 0 Å². The van der Waals surface area contributed by atoms with Crippen LogP contribution in [-0.4, -0.2) is 18.9 Å². The van der Waals surface area contributed by atoms with Gasteiger partial charge in [0.2, 0.25) is 0 Å². The molecule has 0 aliphatic rings. The third kappa shape index (κ3) is 4.62. The van der Waals surface area contributed by atoms with Crippen LogP contribution in [0.4, 0.5) is 0 Å². The second-order valence-corrected chi connectivity index (χ2v) is 10.2. The molecule has 4 rings (SSSR count). The average Bonchev–Trinajstić information content (AvgIpc) is 3.40. The molecule has 0 saturated heterocycles. The van der Waals surface area contributed by atoms with Crippen LogP contribution >= 0.6 is 11.3 Å². The maximum Gasteiger partial charge on any atom is 0.273 e. The van der Waals surface area contributed by atoms with Gasteiger partial charge in [0.25, 0.3) is 15.9 Å². The number of sulfonamides is 1. The van der Waals surface area contributed by atoms with Gasteiger partial charge in [-0.25, -0.2) is 13.1 Å². The number of hydrogen-bond acceptors (Lipinski definition) is 4. The van der Waals surface area contributed by atoms with Crippen molar-refractivity contribution in [3.8, 4) is 0 Å².